The van der Waals surface area contributed by atoms with Crippen LogP contribution in [0.25, 0.3) is 0 Å². The van der Waals surface area contributed by atoms with Crippen LogP contribution in [0.5, 0.6) is 5.75 Å². The Morgan fingerprint density at radius 3 is 2.68 bits per heavy atom. The lowest BCUT2D eigenvalue weighted by atomic mass is 10.2. The van der Waals surface area contributed by atoms with Gasteiger partial charge in [0, 0.05) is 31.7 Å². The number of benzene rings is 1. The molecule has 1 heterocycles. The Morgan fingerprint density at radius 1 is 1.42 bits per heavy atom. The molecule has 0 radical (unpaired) electrons. The van der Waals surface area contributed by atoms with Crippen molar-refractivity contribution in [3.8, 4) is 5.75 Å². The van der Waals surface area contributed by atoms with Crippen LogP contribution in [-0.4, -0.2) is 32.8 Å². The molecule has 19 heavy (non-hydrogen) atoms. The maximum absolute atomic E-state index is 13.9. The van der Waals surface area contributed by atoms with Crippen molar-refractivity contribution in [3.05, 3.63) is 23.0 Å². The lowest BCUT2D eigenvalue weighted by Gasteiger charge is -2.34. The summed E-state index contributed by atoms with van der Waals surface area (Å²) in [6, 6.07) is 3.32. The molecule has 0 bridgehead atoms. The van der Waals surface area contributed by atoms with Gasteiger partial charge in [-0.05, 0) is 13.0 Å². The zero-order chi connectivity index (χ0) is 12.4. The summed E-state index contributed by atoms with van der Waals surface area (Å²) in [5.41, 5.74) is 0.555. The minimum absolute atomic E-state index is 0. The van der Waals surface area contributed by atoms with E-state index in [1.54, 1.807) is 6.07 Å². The van der Waals surface area contributed by atoms with Gasteiger partial charge in [-0.2, -0.15) is 0 Å². The van der Waals surface area contributed by atoms with Gasteiger partial charge in [-0.15, -0.1) is 24.8 Å². The molecule has 1 fully saturated rings. The predicted molar refractivity (Wildman–Crippen MR) is 82.1 cm³/mol. The molecule has 1 aromatic carbocycles. The number of methoxy groups -OCH3 is 1. The Kier molecular flexibility index (Phi) is 7.82. The van der Waals surface area contributed by atoms with Crippen molar-refractivity contribution in [2.75, 3.05) is 31.6 Å². The topological polar surface area (TPSA) is 24.5 Å². The highest BCUT2D eigenvalue weighted by atomic mass is 35.5. The van der Waals surface area contributed by atoms with Gasteiger partial charge >= 0.3 is 0 Å². The summed E-state index contributed by atoms with van der Waals surface area (Å²) in [5, 5.41) is 3.62. The van der Waals surface area contributed by atoms with Gasteiger partial charge in [-0.3, -0.25) is 0 Å². The third-order valence-electron chi connectivity index (χ3n) is 2.93. The average Bonchev–Trinajstić information content (AvgIpc) is 2.29. The van der Waals surface area contributed by atoms with Crippen molar-refractivity contribution in [2.24, 2.45) is 0 Å². The zero-order valence-electron chi connectivity index (χ0n) is 10.8. The molecule has 3 nitrogen and oxygen atoms in total. The lowest BCUT2D eigenvalue weighted by Crippen LogP contribution is -2.49. The number of hydrogen-bond donors (Lipinski definition) is 1. The van der Waals surface area contributed by atoms with Crippen molar-refractivity contribution in [1.29, 1.82) is 0 Å². The maximum atomic E-state index is 13.9. The van der Waals surface area contributed by atoms with Crippen LogP contribution in [0.4, 0.5) is 10.1 Å². The second-order valence-electron chi connectivity index (χ2n) is 4.24. The Morgan fingerprint density at radius 2 is 2.11 bits per heavy atom. The second-order valence-corrected chi connectivity index (χ2v) is 4.65. The summed E-state index contributed by atoms with van der Waals surface area (Å²) in [7, 11) is 1.53. The standard InChI is InChI=1S/C12H16ClFN2O.2ClH/c1-8-7-16(4-3-15-8)11-6-12(17-2)9(13)5-10(11)14;;/h5-6,8,15H,3-4,7H2,1-2H3;2*1H. The van der Waals surface area contributed by atoms with Crippen LogP contribution < -0.4 is 15.0 Å². The zero-order valence-corrected chi connectivity index (χ0v) is 13.2. The molecule has 7 heteroatoms. The van der Waals surface area contributed by atoms with Crippen molar-refractivity contribution >= 4 is 42.1 Å². The van der Waals surface area contributed by atoms with Crippen LogP contribution in [-0.2, 0) is 0 Å². The first-order valence-electron chi connectivity index (χ1n) is 5.63. The number of anilines is 1. The second kappa shape index (κ2) is 8.00. The highest BCUT2D eigenvalue weighted by molar-refractivity contribution is 6.32. The molecular weight excluding hydrogens is 314 g/mol. The van der Waals surface area contributed by atoms with Gasteiger partial charge in [-0.25, -0.2) is 4.39 Å². The number of rotatable bonds is 2. The van der Waals surface area contributed by atoms with E-state index >= 15 is 0 Å². The fraction of sp³-hybridized carbons (Fsp3) is 0.500. The van der Waals surface area contributed by atoms with E-state index in [9.17, 15) is 4.39 Å². The first kappa shape index (κ1) is 18.6. The summed E-state index contributed by atoms with van der Waals surface area (Å²) in [6.45, 7) is 4.50. The van der Waals surface area contributed by atoms with Gasteiger partial charge in [0.2, 0.25) is 0 Å². The molecule has 1 saturated heterocycles. The molecule has 0 spiro atoms. The monoisotopic (exact) mass is 330 g/mol. The number of ether oxygens (including phenoxy) is 1. The minimum atomic E-state index is -0.301. The molecule has 0 saturated carbocycles. The SMILES string of the molecule is COc1cc(N2CCNC(C)C2)c(F)cc1Cl.Cl.Cl. The fourth-order valence-corrected chi connectivity index (χ4v) is 2.30. The van der Waals surface area contributed by atoms with E-state index in [-0.39, 0.29) is 30.6 Å². The van der Waals surface area contributed by atoms with Crippen molar-refractivity contribution in [1.82, 2.24) is 5.32 Å². The summed E-state index contributed by atoms with van der Waals surface area (Å²) in [6.07, 6.45) is 0. The normalized spacial score (nSPS) is 18.3. The predicted octanol–water partition coefficient (Wildman–Crippen LogP) is 3.13. The molecule has 0 amide bonds. The van der Waals surface area contributed by atoms with Gasteiger partial charge in [0.1, 0.15) is 11.6 Å². The van der Waals surface area contributed by atoms with E-state index in [0.717, 1.165) is 19.6 Å². The van der Waals surface area contributed by atoms with Gasteiger partial charge in [-0.1, -0.05) is 11.6 Å². The van der Waals surface area contributed by atoms with Crippen LogP contribution in [0, 0.1) is 5.82 Å². The van der Waals surface area contributed by atoms with Crippen LogP contribution in [0.1, 0.15) is 6.92 Å². The molecule has 1 unspecified atom stereocenters. The number of nitrogens with one attached hydrogen (secondary N) is 1. The maximum Gasteiger partial charge on any atom is 0.148 e. The summed E-state index contributed by atoms with van der Waals surface area (Å²) >= 11 is 5.87. The lowest BCUT2D eigenvalue weighted by molar-refractivity contribution is 0.413. The minimum Gasteiger partial charge on any atom is -0.495 e. The molecule has 1 aliphatic heterocycles. The molecule has 0 aromatic heterocycles. The molecule has 2 rings (SSSR count). The van der Waals surface area contributed by atoms with Crippen molar-refractivity contribution in [3.63, 3.8) is 0 Å². The third kappa shape index (κ3) is 4.28. The molecule has 110 valence electrons. The molecule has 1 N–H and O–H groups in total. The number of piperazine rings is 1. The van der Waals surface area contributed by atoms with Gasteiger partial charge < -0.3 is 15.0 Å². The van der Waals surface area contributed by atoms with E-state index in [4.69, 9.17) is 16.3 Å². The van der Waals surface area contributed by atoms with Gasteiger partial charge in [0.25, 0.3) is 0 Å². The van der Waals surface area contributed by atoms with E-state index < -0.39 is 0 Å². The first-order chi connectivity index (χ1) is 8.11. The first-order valence-corrected chi connectivity index (χ1v) is 6.01. The summed E-state index contributed by atoms with van der Waals surface area (Å²) in [5.74, 6) is 0.208. The quantitative estimate of drug-likeness (QED) is 0.901. The number of hydrogen-bond acceptors (Lipinski definition) is 3. The van der Waals surface area contributed by atoms with Crippen LogP contribution in [0.3, 0.4) is 0 Å². The van der Waals surface area contributed by atoms with Crippen molar-refractivity contribution in [2.45, 2.75) is 13.0 Å². The third-order valence-corrected chi connectivity index (χ3v) is 3.23. The Balaban J connectivity index is 0.00000162. The fourth-order valence-electron chi connectivity index (χ4n) is 2.07. The smallest absolute Gasteiger partial charge is 0.148 e. The average molecular weight is 332 g/mol. The van der Waals surface area contributed by atoms with E-state index in [1.165, 1.54) is 13.2 Å². The largest absolute Gasteiger partial charge is 0.495 e. The van der Waals surface area contributed by atoms with E-state index in [2.05, 4.69) is 12.2 Å². The number of nitrogens with zero attached hydrogens (tertiary/aromatic N) is 1. The Bertz CT molecular complexity index is 420. The van der Waals surface area contributed by atoms with E-state index in [1.807, 2.05) is 4.90 Å². The van der Waals surface area contributed by atoms with Gasteiger partial charge in [0.05, 0.1) is 17.8 Å². The van der Waals surface area contributed by atoms with E-state index in [0.29, 0.717) is 22.5 Å². The van der Waals surface area contributed by atoms with Crippen molar-refractivity contribution < 1.29 is 9.13 Å². The highest BCUT2D eigenvalue weighted by Crippen LogP contribution is 2.32. The molecule has 1 atom stereocenters. The highest BCUT2D eigenvalue weighted by Gasteiger charge is 2.20. The summed E-state index contributed by atoms with van der Waals surface area (Å²) < 4.78 is 19.0. The summed E-state index contributed by atoms with van der Waals surface area (Å²) in [4.78, 5) is 2.01. The number of halogens is 4. The van der Waals surface area contributed by atoms with Crippen LogP contribution in [0.15, 0.2) is 12.1 Å². The molecule has 1 aromatic rings. The molecule has 1 aliphatic rings. The Hall–Kier alpha value is -0.420. The van der Waals surface area contributed by atoms with Gasteiger partial charge in [0.15, 0.2) is 0 Å². The van der Waals surface area contributed by atoms with Crippen LogP contribution in [0.2, 0.25) is 5.02 Å². The Labute approximate surface area is 130 Å². The molecule has 0 aliphatic carbocycles. The molecular formula is C12H18Cl3FN2O. The van der Waals surface area contributed by atoms with Crippen LogP contribution >= 0.6 is 36.4 Å².